The van der Waals surface area contributed by atoms with E-state index in [0.29, 0.717) is 16.3 Å². The van der Waals surface area contributed by atoms with Crippen LogP contribution in [0, 0.1) is 12.7 Å². The molecule has 0 bridgehead atoms. The molecule has 0 aliphatic heterocycles. The van der Waals surface area contributed by atoms with E-state index in [1.54, 1.807) is 36.5 Å². The van der Waals surface area contributed by atoms with Gasteiger partial charge in [0.2, 0.25) is 0 Å². The second kappa shape index (κ2) is 9.20. The van der Waals surface area contributed by atoms with Crippen molar-refractivity contribution in [2.24, 2.45) is 0 Å². The van der Waals surface area contributed by atoms with Crippen LogP contribution < -0.4 is 10.1 Å². The summed E-state index contributed by atoms with van der Waals surface area (Å²) < 4.78 is 19.4. The van der Waals surface area contributed by atoms with E-state index in [-0.39, 0.29) is 18.0 Å². The molecule has 3 rings (SSSR count). The Hall–Kier alpha value is -3.11. The van der Waals surface area contributed by atoms with E-state index in [1.165, 1.54) is 23.8 Å². The maximum Gasteiger partial charge on any atom is 0.187 e. The molecule has 3 aromatic rings. The number of aryl methyl sites for hydroxylation is 1. The van der Waals surface area contributed by atoms with Gasteiger partial charge in [-0.3, -0.25) is 4.79 Å². The Labute approximate surface area is 168 Å². The average Bonchev–Trinajstić information content (AvgIpc) is 2.69. The van der Waals surface area contributed by atoms with Gasteiger partial charge in [0, 0.05) is 29.1 Å². The summed E-state index contributed by atoms with van der Waals surface area (Å²) in [5.41, 5.74) is 2.81. The number of anilines is 1. The van der Waals surface area contributed by atoms with E-state index in [1.807, 2.05) is 31.2 Å². The molecular formula is C23H19ClFNO2. The molecule has 0 saturated heterocycles. The van der Waals surface area contributed by atoms with Crippen LogP contribution in [0.15, 0.2) is 79.0 Å². The topological polar surface area (TPSA) is 38.3 Å². The lowest BCUT2D eigenvalue weighted by Crippen LogP contribution is -2.01. The summed E-state index contributed by atoms with van der Waals surface area (Å²) in [5, 5.41) is 3.36. The zero-order chi connectivity index (χ0) is 19.9. The summed E-state index contributed by atoms with van der Waals surface area (Å²) in [6.45, 7) is 1.99. The zero-order valence-electron chi connectivity index (χ0n) is 15.3. The SMILES string of the molecule is Cc1ccc(N/C=C/C(=O)c2cccc(OCc3c(F)cccc3Cl)c2)cc1. The molecule has 1 N–H and O–H groups in total. The maximum atomic E-state index is 13.8. The fraction of sp³-hybridized carbons (Fsp3) is 0.0870. The molecule has 142 valence electrons. The van der Waals surface area contributed by atoms with Crippen LogP contribution in [0.3, 0.4) is 0 Å². The molecule has 0 heterocycles. The number of hydrogen-bond donors (Lipinski definition) is 1. The van der Waals surface area contributed by atoms with Crippen molar-refractivity contribution < 1.29 is 13.9 Å². The molecule has 0 spiro atoms. The van der Waals surface area contributed by atoms with Crippen molar-refractivity contribution in [2.45, 2.75) is 13.5 Å². The quantitative estimate of drug-likeness (QED) is 0.383. The molecule has 5 heteroatoms. The minimum atomic E-state index is -0.426. The van der Waals surface area contributed by atoms with E-state index < -0.39 is 5.82 Å². The van der Waals surface area contributed by atoms with Gasteiger partial charge >= 0.3 is 0 Å². The molecule has 0 aliphatic rings. The number of benzene rings is 3. The third kappa shape index (κ3) is 5.21. The molecule has 0 radical (unpaired) electrons. The van der Waals surface area contributed by atoms with Crippen LogP contribution in [-0.2, 0) is 6.61 Å². The molecule has 0 atom stereocenters. The normalized spacial score (nSPS) is 10.8. The highest BCUT2D eigenvalue weighted by molar-refractivity contribution is 6.31. The first-order valence-electron chi connectivity index (χ1n) is 8.73. The number of carbonyl (C=O) groups is 1. The van der Waals surface area contributed by atoms with Gasteiger partial charge in [-0.2, -0.15) is 0 Å². The number of ether oxygens (including phenoxy) is 1. The predicted molar refractivity (Wildman–Crippen MR) is 110 cm³/mol. The number of rotatable bonds is 7. The summed E-state index contributed by atoms with van der Waals surface area (Å²) in [6.07, 6.45) is 3.05. The number of allylic oxidation sites excluding steroid dienone is 1. The van der Waals surface area contributed by atoms with Gasteiger partial charge in [-0.15, -0.1) is 0 Å². The number of carbonyl (C=O) groups excluding carboxylic acids is 1. The molecule has 0 aromatic heterocycles. The largest absolute Gasteiger partial charge is 0.489 e. The Morgan fingerprint density at radius 1 is 1.11 bits per heavy atom. The lowest BCUT2D eigenvalue weighted by molar-refractivity contribution is 0.104. The third-order valence-corrected chi connectivity index (χ3v) is 4.45. The van der Waals surface area contributed by atoms with Crippen LogP contribution in [0.1, 0.15) is 21.5 Å². The standard InChI is InChI=1S/C23H19ClFNO2/c1-16-8-10-18(11-9-16)26-13-12-23(27)17-4-2-5-19(14-17)28-15-20-21(24)6-3-7-22(20)25/h2-14,26H,15H2,1H3/b13-12+. The van der Waals surface area contributed by atoms with Gasteiger partial charge in [0.15, 0.2) is 5.78 Å². The van der Waals surface area contributed by atoms with E-state index in [9.17, 15) is 9.18 Å². The van der Waals surface area contributed by atoms with Gasteiger partial charge in [-0.1, -0.05) is 47.5 Å². The second-order valence-corrected chi connectivity index (χ2v) is 6.63. The molecule has 0 unspecified atom stereocenters. The Kier molecular flexibility index (Phi) is 6.45. The van der Waals surface area contributed by atoms with E-state index in [4.69, 9.17) is 16.3 Å². The highest BCUT2D eigenvalue weighted by atomic mass is 35.5. The summed E-state index contributed by atoms with van der Waals surface area (Å²) >= 11 is 6.00. The van der Waals surface area contributed by atoms with Crippen molar-refractivity contribution in [3.63, 3.8) is 0 Å². The van der Waals surface area contributed by atoms with Crippen molar-refractivity contribution in [3.8, 4) is 5.75 Å². The summed E-state index contributed by atoms with van der Waals surface area (Å²) in [4.78, 5) is 12.4. The van der Waals surface area contributed by atoms with Gasteiger partial charge in [0.1, 0.15) is 18.2 Å². The smallest absolute Gasteiger partial charge is 0.187 e. The molecule has 0 saturated carbocycles. The molecule has 0 amide bonds. The first-order valence-corrected chi connectivity index (χ1v) is 9.10. The summed E-state index contributed by atoms with van der Waals surface area (Å²) in [7, 11) is 0. The van der Waals surface area contributed by atoms with Crippen molar-refractivity contribution in [3.05, 3.63) is 107 Å². The average molecular weight is 396 g/mol. The minimum Gasteiger partial charge on any atom is -0.489 e. The molecule has 0 fully saturated rings. The first-order chi connectivity index (χ1) is 13.5. The Morgan fingerprint density at radius 2 is 1.86 bits per heavy atom. The number of nitrogens with one attached hydrogen (secondary N) is 1. The lowest BCUT2D eigenvalue weighted by atomic mass is 10.1. The van der Waals surface area contributed by atoms with Gasteiger partial charge in [-0.05, 0) is 43.3 Å². The third-order valence-electron chi connectivity index (χ3n) is 4.10. The van der Waals surface area contributed by atoms with Crippen LogP contribution in [-0.4, -0.2) is 5.78 Å². The minimum absolute atomic E-state index is 0.0199. The Bertz CT molecular complexity index is 979. The van der Waals surface area contributed by atoms with Crippen LogP contribution in [0.5, 0.6) is 5.75 Å². The summed E-state index contributed by atoms with van der Waals surface area (Å²) in [6, 6.07) is 19.1. The van der Waals surface area contributed by atoms with Crippen molar-refractivity contribution in [1.82, 2.24) is 0 Å². The van der Waals surface area contributed by atoms with Gasteiger partial charge < -0.3 is 10.1 Å². The van der Waals surface area contributed by atoms with Crippen LogP contribution in [0.25, 0.3) is 0 Å². The van der Waals surface area contributed by atoms with Crippen molar-refractivity contribution >= 4 is 23.1 Å². The number of ketones is 1. The van der Waals surface area contributed by atoms with E-state index in [0.717, 1.165) is 5.69 Å². The molecule has 3 aromatic carbocycles. The maximum absolute atomic E-state index is 13.8. The number of halogens is 2. The van der Waals surface area contributed by atoms with Crippen molar-refractivity contribution in [2.75, 3.05) is 5.32 Å². The van der Waals surface area contributed by atoms with E-state index >= 15 is 0 Å². The zero-order valence-corrected chi connectivity index (χ0v) is 16.0. The fourth-order valence-corrected chi connectivity index (χ4v) is 2.74. The van der Waals surface area contributed by atoms with Crippen LogP contribution in [0.2, 0.25) is 5.02 Å². The van der Waals surface area contributed by atoms with Gasteiger partial charge in [-0.25, -0.2) is 4.39 Å². The molecule has 3 nitrogen and oxygen atoms in total. The molecule has 28 heavy (non-hydrogen) atoms. The molecule has 0 aliphatic carbocycles. The van der Waals surface area contributed by atoms with Crippen LogP contribution in [0.4, 0.5) is 10.1 Å². The van der Waals surface area contributed by atoms with Gasteiger partial charge in [0.05, 0.1) is 5.02 Å². The summed E-state index contributed by atoms with van der Waals surface area (Å²) in [5.74, 6) is -0.135. The second-order valence-electron chi connectivity index (χ2n) is 6.22. The fourth-order valence-electron chi connectivity index (χ4n) is 2.52. The highest BCUT2D eigenvalue weighted by Gasteiger charge is 2.09. The molecular weight excluding hydrogens is 377 g/mol. The number of hydrogen-bond acceptors (Lipinski definition) is 3. The first kappa shape index (κ1) is 19.6. The predicted octanol–water partition coefficient (Wildman–Crippen LogP) is 6.18. The van der Waals surface area contributed by atoms with Gasteiger partial charge in [0.25, 0.3) is 0 Å². The van der Waals surface area contributed by atoms with E-state index in [2.05, 4.69) is 5.32 Å². The highest BCUT2D eigenvalue weighted by Crippen LogP contribution is 2.22. The Morgan fingerprint density at radius 3 is 2.61 bits per heavy atom. The van der Waals surface area contributed by atoms with Crippen molar-refractivity contribution in [1.29, 1.82) is 0 Å². The Balaban J connectivity index is 1.62. The van der Waals surface area contributed by atoms with Crippen LogP contribution >= 0.6 is 11.6 Å². The lowest BCUT2D eigenvalue weighted by Gasteiger charge is -2.09. The monoisotopic (exact) mass is 395 g/mol.